The first-order valence-corrected chi connectivity index (χ1v) is 6.26. The minimum atomic E-state index is -0.315. The summed E-state index contributed by atoms with van der Waals surface area (Å²) in [6.07, 6.45) is 3.65. The van der Waals surface area contributed by atoms with Crippen molar-refractivity contribution in [1.29, 1.82) is 0 Å². The van der Waals surface area contributed by atoms with Crippen LogP contribution in [0.4, 0.5) is 0 Å². The molecule has 1 saturated heterocycles. The minimum absolute atomic E-state index is 0.315. The Morgan fingerprint density at radius 2 is 1.75 bits per heavy atom. The molecule has 1 heterocycles. The summed E-state index contributed by atoms with van der Waals surface area (Å²) in [6.45, 7) is 3.28. The Morgan fingerprint density at radius 3 is 2.38 bits per heavy atom. The van der Waals surface area contributed by atoms with E-state index < -0.39 is 0 Å². The number of aliphatic hydroxyl groups excluding tert-OH is 1. The first-order chi connectivity index (χ1) is 7.70. The molecule has 0 saturated carbocycles. The van der Waals surface area contributed by atoms with Crippen molar-refractivity contribution >= 4 is 0 Å². The van der Waals surface area contributed by atoms with Crippen molar-refractivity contribution in [3.63, 3.8) is 0 Å². The fraction of sp³-hybridized carbons (Fsp3) is 0.571. The van der Waals surface area contributed by atoms with Gasteiger partial charge in [-0.05, 0) is 24.8 Å². The average molecular weight is 220 g/mol. The quantitative estimate of drug-likeness (QED) is 0.775. The van der Waals surface area contributed by atoms with Crippen LogP contribution < -0.4 is 0 Å². The molecule has 0 aliphatic carbocycles. The van der Waals surface area contributed by atoms with Gasteiger partial charge in [-0.3, -0.25) is 0 Å². The van der Waals surface area contributed by atoms with Gasteiger partial charge in [-0.1, -0.05) is 30.3 Å². The lowest BCUT2D eigenvalue weighted by molar-refractivity contribution is -0.917. The number of hydrogen-bond acceptors (Lipinski definition) is 1. The molecule has 1 aromatic carbocycles. The van der Waals surface area contributed by atoms with E-state index in [0.29, 0.717) is 0 Å². The van der Waals surface area contributed by atoms with Crippen molar-refractivity contribution in [2.75, 3.05) is 26.7 Å². The molecule has 1 aliphatic heterocycles. The lowest BCUT2D eigenvalue weighted by Crippen LogP contribution is -2.50. The molecular weight excluding hydrogens is 198 g/mol. The second kappa shape index (κ2) is 4.98. The number of likely N-dealkylation sites (tertiary alicyclic amines) is 1. The topological polar surface area (TPSA) is 20.2 Å². The summed E-state index contributed by atoms with van der Waals surface area (Å²) in [5.41, 5.74) is 1.05. The monoisotopic (exact) mass is 220 g/mol. The summed E-state index contributed by atoms with van der Waals surface area (Å²) in [7, 11) is 2.27. The van der Waals surface area contributed by atoms with E-state index in [1.54, 1.807) is 0 Å². The number of aliphatic hydroxyl groups is 1. The maximum absolute atomic E-state index is 10.2. The van der Waals surface area contributed by atoms with E-state index in [2.05, 4.69) is 7.05 Å². The second-order valence-corrected chi connectivity index (χ2v) is 5.24. The number of quaternary nitrogens is 1. The van der Waals surface area contributed by atoms with Crippen LogP contribution in [0.25, 0.3) is 0 Å². The third-order valence-electron chi connectivity index (χ3n) is 3.69. The Kier molecular flexibility index (Phi) is 3.62. The molecule has 0 radical (unpaired) electrons. The Labute approximate surface area is 98.1 Å². The molecule has 1 fully saturated rings. The molecule has 88 valence electrons. The van der Waals surface area contributed by atoms with Crippen LogP contribution in [0.3, 0.4) is 0 Å². The van der Waals surface area contributed by atoms with Gasteiger partial charge >= 0.3 is 0 Å². The van der Waals surface area contributed by atoms with E-state index >= 15 is 0 Å². The van der Waals surface area contributed by atoms with Crippen LogP contribution in [0.2, 0.25) is 0 Å². The summed E-state index contributed by atoms with van der Waals surface area (Å²) in [5.74, 6) is 0. The van der Waals surface area contributed by atoms with Crippen LogP contribution in [-0.2, 0) is 0 Å². The van der Waals surface area contributed by atoms with E-state index in [1.807, 2.05) is 30.3 Å². The zero-order chi connectivity index (χ0) is 11.4. The fourth-order valence-corrected chi connectivity index (χ4v) is 2.66. The van der Waals surface area contributed by atoms with Crippen LogP contribution >= 0.6 is 0 Å². The van der Waals surface area contributed by atoms with Crippen molar-refractivity contribution in [3.8, 4) is 0 Å². The lowest BCUT2D eigenvalue weighted by atomic mass is 10.0. The Hall–Kier alpha value is -0.860. The third kappa shape index (κ3) is 2.83. The standard InChI is InChI=1S/C14H22NO/c1-15(10-6-3-7-11-15)12-14(16)13-8-4-2-5-9-13/h2,4-5,8-9,14,16H,3,6-7,10-12H2,1H3/q+1/t14-/m0/s1. The molecule has 2 nitrogen and oxygen atoms in total. The first kappa shape index (κ1) is 11.6. The number of likely N-dealkylation sites (N-methyl/N-ethyl adjacent to an activating group) is 1. The van der Waals surface area contributed by atoms with Crippen LogP contribution in [0.1, 0.15) is 30.9 Å². The van der Waals surface area contributed by atoms with Crippen LogP contribution in [0, 0.1) is 0 Å². The van der Waals surface area contributed by atoms with Gasteiger partial charge in [0, 0.05) is 0 Å². The molecule has 16 heavy (non-hydrogen) atoms. The molecule has 0 unspecified atom stereocenters. The molecule has 0 bridgehead atoms. The van der Waals surface area contributed by atoms with Gasteiger partial charge in [0.25, 0.3) is 0 Å². The van der Waals surface area contributed by atoms with Gasteiger partial charge in [0.05, 0.1) is 20.1 Å². The number of hydrogen-bond donors (Lipinski definition) is 1. The van der Waals surface area contributed by atoms with Gasteiger partial charge in [0.1, 0.15) is 12.6 Å². The molecule has 0 aromatic heterocycles. The summed E-state index contributed by atoms with van der Waals surface area (Å²) < 4.78 is 1.02. The molecular formula is C14H22NO+. The molecule has 1 aliphatic rings. The Morgan fingerprint density at radius 1 is 1.12 bits per heavy atom. The highest BCUT2D eigenvalue weighted by Crippen LogP contribution is 2.22. The summed E-state index contributed by atoms with van der Waals surface area (Å²) >= 11 is 0. The molecule has 1 aromatic rings. The molecule has 0 amide bonds. The smallest absolute Gasteiger partial charge is 0.128 e. The second-order valence-electron chi connectivity index (χ2n) is 5.24. The normalized spacial score (nSPS) is 21.6. The van der Waals surface area contributed by atoms with Gasteiger partial charge in [0.2, 0.25) is 0 Å². The first-order valence-electron chi connectivity index (χ1n) is 6.26. The largest absolute Gasteiger partial charge is 0.382 e. The van der Waals surface area contributed by atoms with E-state index in [4.69, 9.17) is 0 Å². The number of rotatable bonds is 3. The highest BCUT2D eigenvalue weighted by molar-refractivity contribution is 5.17. The van der Waals surface area contributed by atoms with E-state index in [9.17, 15) is 5.11 Å². The Bertz CT molecular complexity index is 317. The van der Waals surface area contributed by atoms with Crippen molar-refractivity contribution < 1.29 is 9.59 Å². The van der Waals surface area contributed by atoms with Crippen molar-refractivity contribution in [2.45, 2.75) is 25.4 Å². The van der Waals surface area contributed by atoms with Crippen LogP contribution in [0.5, 0.6) is 0 Å². The summed E-state index contributed by atoms with van der Waals surface area (Å²) in [4.78, 5) is 0. The van der Waals surface area contributed by atoms with Gasteiger partial charge in [-0.2, -0.15) is 0 Å². The number of nitrogens with zero attached hydrogens (tertiary/aromatic N) is 1. The zero-order valence-electron chi connectivity index (χ0n) is 10.1. The Balaban J connectivity index is 1.98. The zero-order valence-corrected chi connectivity index (χ0v) is 10.1. The van der Waals surface area contributed by atoms with Crippen molar-refractivity contribution in [2.24, 2.45) is 0 Å². The lowest BCUT2D eigenvalue weighted by Gasteiger charge is -2.39. The molecule has 1 atom stereocenters. The van der Waals surface area contributed by atoms with Gasteiger partial charge < -0.3 is 9.59 Å². The molecule has 1 N–H and O–H groups in total. The fourth-order valence-electron chi connectivity index (χ4n) is 2.66. The average Bonchev–Trinajstić information content (AvgIpc) is 2.30. The SMILES string of the molecule is C[N+]1(C[C@H](O)c2ccccc2)CCCCC1. The molecule has 2 heteroatoms. The minimum Gasteiger partial charge on any atom is -0.382 e. The predicted molar refractivity (Wildman–Crippen MR) is 66.0 cm³/mol. The molecule has 2 rings (SSSR count). The van der Waals surface area contributed by atoms with Gasteiger partial charge in [-0.25, -0.2) is 0 Å². The number of benzene rings is 1. The maximum atomic E-state index is 10.2. The maximum Gasteiger partial charge on any atom is 0.128 e. The van der Waals surface area contributed by atoms with E-state index in [1.165, 1.54) is 32.4 Å². The van der Waals surface area contributed by atoms with Crippen LogP contribution in [-0.4, -0.2) is 36.3 Å². The third-order valence-corrected chi connectivity index (χ3v) is 3.69. The summed E-state index contributed by atoms with van der Waals surface area (Å²) in [6, 6.07) is 10.0. The highest BCUT2D eigenvalue weighted by atomic mass is 16.3. The van der Waals surface area contributed by atoms with Crippen molar-refractivity contribution in [1.82, 2.24) is 0 Å². The van der Waals surface area contributed by atoms with Crippen molar-refractivity contribution in [3.05, 3.63) is 35.9 Å². The van der Waals surface area contributed by atoms with Gasteiger partial charge in [0.15, 0.2) is 0 Å². The predicted octanol–water partition coefficient (Wildman–Crippen LogP) is 2.35. The highest BCUT2D eigenvalue weighted by Gasteiger charge is 2.28. The van der Waals surface area contributed by atoms with Gasteiger partial charge in [-0.15, -0.1) is 0 Å². The number of piperidine rings is 1. The van der Waals surface area contributed by atoms with E-state index in [-0.39, 0.29) is 6.10 Å². The van der Waals surface area contributed by atoms with Crippen LogP contribution in [0.15, 0.2) is 30.3 Å². The molecule has 0 spiro atoms. The summed E-state index contributed by atoms with van der Waals surface area (Å²) in [5, 5.41) is 10.2. The van der Waals surface area contributed by atoms with E-state index in [0.717, 1.165) is 16.6 Å².